The van der Waals surface area contributed by atoms with Gasteiger partial charge in [-0.05, 0) is 48.4 Å². The molecule has 0 aliphatic rings. The summed E-state index contributed by atoms with van der Waals surface area (Å²) in [6.07, 6.45) is 1.30. The van der Waals surface area contributed by atoms with Gasteiger partial charge in [-0.25, -0.2) is 9.82 Å². The Labute approximate surface area is 164 Å². The van der Waals surface area contributed by atoms with Gasteiger partial charge in [0.15, 0.2) is 0 Å². The van der Waals surface area contributed by atoms with E-state index in [9.17, 15) is 19.1 Å². The van der Waals surface area contributed by atoms with E-state index in [0.29, 0.717) is 5.56 Å². The van der Waals surface area contributed by atoms with Crippen molar-refractivity contribution in [1.82, 2.24) is 10.7 Å². The lowest BCUT2D eigenvalue weighted by Crippen LogP contribution is -2.48. The summed E-state index contributed by atoms with van der Waals surface area (Å²) >= 11 is 3.28. The molecule has 1 unspecified atom stereocenters. The summed E-state index contributed by atoms with van der Waals surface area (Å²) in [6.45, 7) is 3.55. The molecule has 2 aromatic carbocycles. The van der Waals surface area contributed by atoms with Gasteiger partial charge in [0.05, 0.1) is 6.21 Å². The van der Waals surface area contributed by atoms with Crippen molar-refractivity contribution in [3.8, 4) is 5.75 Å². The lowest BCUT2D eigenvalue weighted by molar-refractivity contribution is -0.123. The smallest absolute Gasteiger partial charge is 0.262 e. The van der Waals surface area contributed by atoms with Gasteiger partial charge in [-0.1, -0.05) is 29.8 Å². The van der Waals surface area contributed by atoms with Crippen molar-refractivity contribution in [3.63, 3.8) is 0 Å². The summed E-state index contributed by atoms with van der Waals surface area (Å²) < 4.78 is 13.7. The number of phenols is 1. The number of amides is 2. The fourth-order valence-electron chi connectivity index (χ4n) is 2.22. The molecule has 0 aliphatic heterocycles. The molecule has 0 radical (unpaired) electrons. The van der Waals surface area contributed by atoms with Crippen LogP contribution in [-0.4, -0.2) is 29.2 Å². The van der Waals surface area contributed by atoms with Crippen LogP contribution >= 0.6 is 15.9 Å². The standard InChI is InChI=1S/C19H19BrFN3O3/c1-11(2)17(23-18(26)12-3-6-15(21)7-4-12)19(27)24-22-10-13-9-14(20)5-8-16(13)25/h3-11,17,25H,1-2H3,(H,23,26)(H,24,27)/b22-10+. The lowest BCUT2D eigenvalue weighted by Gasteiger charge is -2.20. The Hall–Kier alpha value is -2.74. The minimum absolute atomic E-state index is 0.0150. The molecule has 0 saturated heterocycles. The number of nitrogens with one attached hydrogen (secondary N) is 2. The van der Waals surface area contributed by atoms with Crippen molar-refractivity contribution >= 4 is 34.0 Å². The van der Waals surface area contributed by atoms with Crippen molar-refractivity contribution < 1.29 is 19.1 Å². The average Bonchev–Trinajstić information content (AvgIpc) is 2.62. The first-order valence-corrected chi connectivity index (χ1v) is 8.95. The average molecular weight is 436 g/mol. The highest BCUT2D eigenvalue weighted by molar-refractivity contribution is 9.10. The summed E-state index contributed by atoms with van der Waals surface area (Å²) in [5.74, 6) is -1.64. The molecule has 0 saturated carbocycles. The van der Waals surface area contributed by atoms with Crippen LogP contribution in [0.2, 0.25) is 0 Å². The Bertz CT molecular complexity index is 854. The third-order valence-corrected chi connectivity index (χ3v) is 4.20. The maximum absolute atomic E-state index is 13.0. The van der Waals surface area contributed by atoms with Gasteiger partial charge in [0.25, 0.3) is 11.8 Å². The third kappa shape index (κ3) is 5.89. The molecule has 8 heteroatoms. The van der Waals surface area contributed by atoms with E-state index in [2.05, 4.69) is 31.8 Å². The zero-order valence-electron chi connectivity index (χ0n) is 14.7. The number of aromatic hydroxyl groups is 1. The van der Waals surface area contributed by atoms with E-state index in [0.717, 1.165) is 4.47 Å². The van der Waals surface area contributed by atoms with Gasteiger partial charge < -0.3 is 10.4 Å². The minimum Gasteiger partial charge on any atom is -0.507 e. The second-order valence-corrected chi connectivity index (χ2v) is 7.06. The number of nitrogens with zero attached hydrogens (tertiary/aromatic N) is 1. The molecule has 3 N–H and O–H groups in total. The number of benzene rings is 2. The van der Waals surface area contributed by atoms with Crippen LogP contribution < -0.4 is 10.7 Å². The Morgan fingerprint density at radius 1 is 1.19 bits per heavy atom. The fraction of sp³-hybridized carbons (Fsp3) is 0.211. The summed E-state index contributed by atoms with van der Waals surface area (Å²) in [5.41, 5.74) is 3.02. The van der Waals surface area contributed by atoms with Crippen molar-refractivity contribution in [2.75, 3.05) is 0 Å². The second-order valence-electron chi connectivity index (χ2n) is 6.14. The van der Waals surface area contributed by atoms with E-state index in [1.54, 1.807) is 26.0 Å². The van der Waals surface area contributed by atoms with Gasteiger partial charge in [0.2, 0.25) is 0 Å². The molecule has 27 heavy (non-hydrogen) atoms. The molecular formula is C19H19BrFN3O3. The van der Waals surface area contributed by atoms with E-state index in [1.807, 2.05) is 0 Å². The van der Waals surface area contributed by atoms with Crippen LogP contribution in [-0.2, 0) is 4.79 Å². The molecule has 0 spiro atoms. The van der Waals surface area contributed by atoms with E-state index < -0.39 is 23.7 Å². The van der Waals surface area contributed by atoms with Gasteiger partial charge in [-0.3, -0.25) is 9.59 Å². The van der Waals surface area contributed by atoms with Crippen LogP contribution in [0.1, 0.15) is 29.8 Å². The van der Waals surface area contributed by atoms with Gasteiger partial charge in [-0.15, -0.1) is 0 Å². The van der Waals surface area contributed by atoms with Crippen LogP contribution in [0.5, 0.6) is 5.75 Å². The topological polar surface area (TPSA) is 90.8 Å². The largest absolute Gasteiger partial charge is 0.507 e. The number of halogens is 2. The number of carbonyl (C=O) groups is 2. The van der Waals surface area contributed by atoms with Crippen molar-refractivity contribution in [1.29, 1.82) is 0 Å². The molecular weight excluding hydrogens is 417 g/mol. The second kappa shape index (κ2) is 9.27. The van der Waals surface area contributed by atoms with Crippen molar-refractivity contribution in [2.24, 2.45) is 11.0 Å². The molecule has 6 nitrogen and oxygen atoms in total. The molecule has 142 valence electrons. The number of phenolic OH excluding ortho intramolecular Hbond substituents is 1. The van der Waals surface area contributed by atoms with E-state index >= 15 is 0 Å². The zero-order chi connectivity index (χ0) is 20.0. The normalized spacial score (nSPS) is 12.2. The summed E-state index contributed by atoms with van der Waals surface area (Å²) in [6, 6.07) is 9.00. The lowest BCUT2D eigenvalue weighted by atomic mass is 10.0. The third-order valence-electron chi connectivity index (χ3n) is 3.71. The first kappa shape index (κ1) is 20.6. The van der Waals surface area contributed by atoms with Gasteiger partial charge in [0.1, 0.15) is 17.6 Å². The number of carbonyl (C=O) groups excluding carboxylic acids is 2. The number of hydrazone groups is 1. The first-order chi connectivity index (χ1) is 12.8. The van der Waals surface area contributed by atoms with Gasteiger partial charge in [0, 0.05) is 15.6 Å². The molecule has 0 aromatic heterocycles. The quantitative estimate of drug-likeness (QED) is 0.480. The molecule has 2 aromatic rings. The molecule has 0 aliphatic carbocycles. The predicted octanol–water partition coefficient (Wildman–Crippen LogP) is 3.20. The SMILES string of the molecule is CC(C)C(NC(=O)c1ccc(F)cc1)C(=O)N/N=C/c1cc(Br)ccc1O. The summed E-state index contributed by atoms with van der Waals surface area (Å²) in [4.78, 5) is 24.6. The summed E-state index contributed by atoms with van der Waals surface area (Å²) in [7, 11) is 0. The Morgan fingerprint density at radius 3 is 2.48 bits per heavy atom. The van der Waals surface area contributed by atoms with Crippen molar-refractivity contribution in [3.05, 3.63) is 63.9 Å². The molecule has 0 bridgehead atoms. The number of hydrogen-bond donors (Lipinski definition) is 3. The van der Waals surface area contributed by atoms with Crippen LogP contribution in [0.25, 0.3) is 0 Å². The Kier molecular flexibility index (Phi) is 7.06. The highest BCUT2D eigenvalue weighted by atomic mass is 79.9. The zero-order valence-corrected chi connectivity index (χ0v) is 16.3. The first-order valence-electron chi connectivity index (χ1n) is 8.16. The number of hydrogen-bond acceptors (Lipinski definition) is 4. The monoisotopic (exact) mass is 435 g/mol. The van der Waals surface area contributed by atoms with Gasteiger partial charge >= 0.3 is 0 Å². The predicted molar refractivity (Wildman–Crippen MR) is 104 cm³/mol. The van der Waals surface area contributed by atoms with Crippen LogP contribution in [0.3, 0.4) is 0 Å². The maximum atomic E-state index is 13.0. The Balaban J connectivity index is 2.04. The van der Waals surface area contributed by atoms with Crippen LogP contribution in [0.15, 0.2) is 52.0 Å². The fourth-order valence-corrected chi connectivity index (χ4v) is 2.60. The molecule has 2 amide bonds. The molecule has 1 atom stereocenters. The molecule has 2 rings (SSSR count). The minimum atomic E-state index is -0.837. The highest BCUT2D eigenvalue weighted by Crippen LogP contribution is 2.19. The van der Waals surface area contributed by atoms with Crippen molar-refractivity contribution in [2.45, 2.75) is 19.9 Å². The van der Waals surface area contributed by atoms with Crippen LogP contribution in [0.4, 0.5) is 4.39 Å². The van der Waals surface area contributed by atoms with Crippen LogP contribution in [0, 0.1) is 11.7 Å². The molecule has 0 heterocycles. The van der Waals surface area contributed by atoms with Gasteiger partial charge in [-0.2, -0.15) is 5.10 Å². The number of rotatable bonds is 6. The maximum Gasteiger partial charge on any atom is 0.262 e. The Morgan fingerprint density at radius 2 is 1.85 bits per heavy atom. The van der Waals surface area contributed by atoms with E-state index in [-0.39, 0.29) is 17.2 Å². The summed E-state index contributed by atoms with van der Waals surface area (Å²) in [5, 5.41) is 16.2. The highest BCUT2D eigenvalue weighted by Gasteiger charge is 2.24. The molecule has 0 fully saturated rings. The van der Waals surface area contributed by atoms with E-state index in [1.165, 1.54) is 36.5 Å². The van der Waals surface area contributed by atoms with E-state index in [4.69, 9.17) is 0 Å².